The van der Waals surface area contributed by atoms with E-state index in [1.807, 2.05) is 12.1 Å². The first kappa shape index (κ1) is 13.4. The summed E-state index contributed by atoms with van der Waals surface area (Å²) in [5.74, 6) is -0.168. The molecule has 2 rings (SSSR count). The van der Waals surface area contributed by atoms with Crippen molar-refractivity contribution in [3.05, 3.63) is 53.1 Å². The lowest BCUT2D eigenvalue weighted by molar-refractivity contribution is 0.0789. The summed E-state index contributed by atoms with van der Waals surface area (Å²) in [7, 11) is 1.74. The van der Waals surface area contributed by atoms with Crippen LogP contribution < -0.4 is 0 Å². The first-order valence-electron chi connectivity index (χ1n) is 5.80. The second-order valence-corrected chi connectivity index (χ2v) is 4.46. The average molecular weight is 277 g/mol. The fourth-order valence-corrected chi connectivity index (χ4v) is 1.67. The number of carbonyl (C=O) groups excluding carboxylic acids is 1. The molecule has 98 valence electrons. The van der Waals surface area contributed by atoms with Crippen molar-refractivity contribution in [3.63, 3.8) is 0 Å². The van der Waals surface area contributed by atoms with E-state index in [2.05, 4.69) is 15.2 Å². The van der Waals surface area contributed by atoms with Crippen LogP contribution in [0.15, 0.2) is 36.7 Å². The van der Waals surface area contributed by atoms with Gasteiger partial charge in [-0.15, -0.1) is 10.2 Å². The summed E-state index contributed by atoms with van der Waals surface area (Å²) in [5, 5.41) is 7.71. The van der Waals surface area contributed by atoms with Gasteiger partial charge in [0.2, 0.25) is 0 Å². The van der Waals surface area contributed by atoms with Gasteiger partial charge in [0.25, 0.3) is 5.91 Å². The molecule has 0 aliphatic heterocycles. The molecule has 0 saturated heterocycles. The van der Waals surface area contributed by atoms with Gasteiger partial charge in [0, 0.05) is 26.0 Å². The maximum atomic E-state index is 12.0. The molecule has 0 atom stereocenters. The lowest BCUT2D eigenvalue weighted by atomic mass is 10.2. The molecule has 2 aromatic rings. The Balaban J connectivity index is 1.94. The van der Waals surface area contributed by atoms with Crippen molar-refractivity contribution in [2.45, 2.75) is 6.42 Å². The largest absolute Gasteiger partial charge is 0.340 e. The van der Waals surface area contributed by atoms with Gasteiger partial charge in [0.15, 0.2) is 10.8 Å². The number of rotatable bonds is 4. The summed E-state index contributed by atoms with van der Waals surface area (Å²) in [6, 6.07) is 6.99. The molecule has 6 heteroatoms. The van der Waals surface area contributed by atoms with Crippen LogP contribution >= 0.6 is 11.6 Å². The lowest BCUT2D eigenvalue weighted by Gasteiger charge is -2.16. The van der Waals surface area contributed by atoms with Crippen LogP contribution in [0.25, 0.3) is 0 Å². The number of halogens is 1. The van der Waals surface area contributed by atoms with Gasteiger partial charge in [-0.25, -0.2) is 0 Å². The summed E-state index contributed by atoms with van der Waals surface area (Å²) in [4.78, 5) is 17.6. The van der Waals surface area contributed by atoms with Gasteiger partial charge in [0.1, 0.15) is 0 Å². The molecule has 0 aliphatic rings. The van der Waals surface area contributed by atoms with Crippen molar-refractivity contribution in [2.75, 3.05) is 13.6 Å². The predicted octanol–water partition coefficient (Wildman–Crippen LogP) is 1.84. The quantitative estimate of drug-likeness (QED) is 0.855. The molecule has 0 aliphatic carbocycles. The van der Waals surface area contributed by atoms with Gasteiger partial charge in [-0.3, -0.25) is 9.78 Å². The summed E-state index contributed by atoms with van der Waals surface area (Å²) in [6.45, 7) is 0.604. The van der Waals surface area contributed by atoms with Crippen LogP contribution in [0.2, 0.25) is 5.15 Å². The Kier molecular flexibility index (Phi) is 4.41. The van der Waals surface area contributed by atoms with E-state index in [9.17, 15) is 4.79 Å². The van der Waals surface area contributed by atoms with Crippen molar-refractivity contribution in [2.24, 2.45) is 0 Å². The Labute approximate surface area is 116 Å². The molecule has 0 radical (unpaired) electrons. The van der Waals surface area contributed by atoms with E-state index in [0.29, 0.717) is 12.2 Å². The van der Waals surface area contributed by atoms with Gasteiger partial charge in [-0.2, -0.15) is 0 Å². The highest BCUT2D eigenvalue weighted by Gasteiger charge is 2.13. The number of carbonyl (C=O) groups is 1. The van der Waals surface area contributed by atoms with Crippen molar-refractivity contribution < 1.29 is 4.79 Å². The number of aromatic nitrogens is 3. The van der Waals surface area contributed by atoms with Crippen LogP contribution in [0.3, 0.4) is 0 Å². The molecule has 5 nitrogen and oxygen atoms in total. The Morgan fingerprint density at radius 3 is 2.58 bits per heavy atom. The van der Waals surface area contributed by atoms with Crippen molar-refractivity contribution in [3.8, 4) is 0 Å². The first-order chi connectivity index (χ1) is 9.16. The molecule has 1 amide bonds. The van der Waals surface area contributed by atoms with Crippen LogP contribution in [0, 0.1) is 0 Å². The molecule has 2 heterocycles. The zero-order valence-electron chi connectivity index (χ0n) is 10.5. The highest BCUT2D eigenvalue weighted by atomic mass is 35.5. The summed E-state index contributed by atoms with van der Waals surface area (Å²) in [6.07, 6.45) is 4.25. The monoisotopic (exact) mass is 276 g/mol. The topological polar surface area (TPSA) is 59.0 Å². The van der Waals surface area contributed by atoms with E-state index in [-0.39, 0.29) is 11.1 Å². The van der Waals surface area contributed by atoms with Crippen LogP contribution in [0.5, 0.6) is 0 Å². The minimum atomic E-state index is -0.168. The van der Waals surface area contributed by atoms with Crippen molar-refractivity contribution in [1.82, 2.24) is 20.1 Å². The molecule has 0 aromatic carbocycles. The van der Waals surface area contributed by atoms with E-state index in [0.717, 1.165) is 12.0 Å². The van der Waals surface area contributed by atoms with Gasteiger partial charge < -0.3 is 4.90 Å². The van der Waals surface area contributed by atoms with E-state index < -0.39 is 0 Å². The van der Waals surface area contributed by atoms with Gasteiger partial charge >= 0.3 is 0 Å². The number of nitrogens with zero attached hydrogens (tertiary/aromatic N) is 4. The zero-order chi connectivity index (χ0) is 13.7. The predicted molar refractivity (Wildman–Crippen MR) is 71.9 cm³/mol. The van der Waals surface area contributed by atoms with Gasteiger partial charge in [0.05, 0.1) is 0 Å². The smallest absolute Gasteiger partial charge is 0.274 e. The molecule has 0 fully saturated rings. The Hall–Kier alpha value is -2.01. The molecular weight excluding hydrogens is 264 g/mol. The van der Waals surface area contributed by atoms with Crippen LogP contribution in [0.4, 0.5) is 0 Å². The maximum absolute atomic E-state index is 12.0. The van der Waals surface area contributed by atoms with Crippen LogP contribution in [-0.2, 0) is 6.42 Å². The second kappa shape index (κ2) is 6.24. The van der Waals surface area contributed by atoms with Gasteiger partial charge in [-0.1, -0.05) is 11.6 Å². The summed E-state index contributed by atoms with van der Waals surface area (Å²) in [5.41, 5.74) is 1.43. The molecule has 0 N–H and O–H groups in total. The minimum Gasteiger partial charge on any atom is -0.340 e. The Morgan fingerprint density at radius 1 is 1.21 bits per heavy atom. The number of likely N-dealkylation sites (N-methyl/N-ethyl adjacent to an activating group) is 1. The first-order valence-corrected chi connectivity index (χ1v) is 6.18. The fourth-order valence-electron chi connectivity index (χ4n) is 1.57. The summed E-state index contributed by atoms with van der Waals surface area (Å²) >= 11 is 5.63. The molecule has 0 unspecified atom stereocenters. The Morgan fingerprint density at radius 2 is 1.95 bits per heavy atom. The van der Waals surface area contributed by atoms with E-state index in [4.69, 9.17) is 11.6 Å². The SMILES string of the molecule is CN(CCc1ccncc1)C(=O)c1ccc(Cl)nn1. The molecular formula is C13H13ClN4O. The number of hydrogen-bond acceptors (Lipinski definition) is 4. The van der Waals surface area contributed by atoms with Crippen LogP contribution in [-0.4, -0.2) is 39.6 Å². The zero-order valence-corrected chi connectivity index (χ0v) is 11.2. The van der Waals surface area contributed by atoms with E-state index in [1.165, 1.54) is 0 Å². The number of amides is 1. The standard InChI is InChI=1S/C13H13ClN4O/c1-18(9-6-10-4-7-15-8-5-10)13(19)11-2-3-12(14)17-16-11/h2-5,7-8H,6,9H2,1H3. The van der Waals surface area contributed by atoms with Crippen molar-refractivity contribution >= 4 is 17.5 Å². The third-order valence-corrected chi connectivity index (χ3v) is 2.88. The third-order valence-electron chi connectivity index (χ3n) is 2.68. The molecule has 0 saturated carbocycles. The molecule has 19 heavy (non-hydrogen) atoms. The minimum absolute atomic E-state index is 0.168. The average Bonchev–Trinajstić information content (AvgIpc) is 2.46. The second-order valence-electron chi connectivity index (χ2n) is 4.07. The number of hydrogen-bond donors (Lipinski definition) is 0. The van der Waals surface area contributed by atoms with Crippen LogP contribution in [0.1, 0.15) is 16.1 Å². The molecule has 0 spiro atoms. The highest BCUT2D eigenvalue weighted by Crippen LogP contribution is 2.05. The normalized spacial score (nSPS) is 10.2. The Bertz CT molecular complexity index is 544. The molecule has 0 bridgehead atoms. The number of pyridine rings is 1. The van der Waals surface area contributed by atoms with Crippen molar-refractivity contribution in [1.29, 1.82) is 0 Å². The molecule has 2 aromatic heterocycles. The van der Waals surface area contributed by atoms with E-state index in [1.54, 1.807) is 36.5 Å². The summed E-state index contributed by atoms with van der Waals surface area (Å²) < 4.78 is 0. The lowest BCUT2D eigenvalue weighted by Crippen LogP contribution is -2.29. The maximum Gasteiger partial charge on any atom is 0.274 e. The van der Waals surface area contributed by atoms with Gasteiger partial charge in [-0.05, 0) is 36.2 Å². The fraction of sp³-hybridized carbons (Fsp3) is 0.231. The van der Waals surface area contributed by atoms with E-state index >= 15 is 0 Å². The highest BCUT2D eigenvalue weighted by molar-refractivity contribution is 6.29. The third kappa shape index (κ3) is 3.72.